The first-order valence-corrected chi connectivity index (χ1v) is 7.65. The minimum absolute atomic E-state index is 0.235. The Morgan fingerprint density at radius 3 is 2.48 bits per heavy atom. The first-order chi connectivity index (χ1) is 10.2. The van der Waals surface area contributed by atoms with Crippen LogP contribution >= 0.6 is 15.9 Å². The SMILES string of the molecule is NC(CCc1ccccc1)C(=O)OCc1ccccc1Br. The van der Waals surface area contributed by atoms with Crippen molar-refractivity contribution in [3.63, 3.8) is 0 Å². The highest BCUT2D eigenvalue weighted by Crippen LogP contribution is 2.17. The maximum absolute atomic E-state index is 11.9. The Balaban J connectivity index is 1.79. The number of rotatable bonds is 6. The number of nitrogens with two attached hydrogens (primary N) is 1. The fraction of sp³-hybridized carbons (Fsp3) is 0.235. The van der Waals surface area contributed by atoms with E-state index in [1.807, 2.05) is 54.6 Å². The fourth-order valence-corrected chi connectivity index (χ4v) is 2.36. The third-order valence-electron chi connectivity index (χ3n) is 3.22. The molecule has 0 radical (unpaired) electrons. The van der Waals surface area contributed by atoms with Gasteiger partial charge in [0.25, 0.3) is 0 Å². The van der Waals surface area contributed by atoms with Crippen molar-refractivity contribution in [2.45, 2.75) is 25.5 Å². The molecule has 0 saturated heterocycles. The summed E-state index contributed by atoms with van der Waals surface area (Å²) >= 11 is 3.42. The lowest BCUT2D eigenvalue weighted by atomic mass is 10.1. The van der Waals surface area contributed by atoms with Crippen molar-refractivity contribution in [2.24, 2.45) is 5.73 Å². The minimum atomic E-state index is -0.590. The van der Waals surface area contributed by atoms with Gasteiger partial charge in [-0.2, -0.15) is 0 Å². The lowest BCUT2D eigenvalue weighted by molar-refractivity contribution is -0.146. The van der Waals surface area contributed by atoms with E-state index in [9.17, 15) is 4.79 Å². The molecule has 4 heteroatoms. The van der Waals surface area contributed by atoms with E-state index in [0.717, 1.165) is 16.5 Å². The Morgan fingerprint density at radius 1 is 1.10 bits per heavy atom. The molecule has 0 aliphatic rings. The smallest absolute Gasteiger partial charge is 0.323 e. The average Bonchev–Trinajstić information content (AvgIpc) is 2.52. The molecule has 1 atom stereocenters. The van der Waals surface area contributed by atoms with Gasteiger partial charge in [0, 0.05) is 10.0 Å². The molecule has 0 saturated carbocycles. The molecule has 3 nitrogen and oxygen atoms in total. The predicted molar refractivity (Wildman–Crippen MR) is 86.7 cm³/mol. The third-order valence-corrected chi connectivity index (χ3v) is 3.99. The van der Waals surface area contributed by atoms with E-state index in [1.165, 1.54) is 5.56 Å². The predicted octanol–water partition coefficient (Wildman–Crippen LogP) is 3.45. The summed E-state index contributed by atoms with van der Waals surface area (Å²) in [6.45, 7) is 0.235. The van der Waals surface area contributed by atoms with Gasteiger partial charge in [-0.15, -0.1) is 0 Å². The highest BCUT2D eigenvalue weighted by molar-refractivity contribution is 9.10. The zero-order valence-corrected chi connectivity index (χ0v) is 13.3. The first kappa shape index (κ1) is 15.7. The Kier molecular flexibility index (Phi) is 5.96. The van der Waals surface area contributed by atoms with E-state index in [2.05, 4.69) is 15.9 Å². The van der Waals surface area contributed by atoms with Crippen LogP contribution in [-0.4, -0.2) is 12.0 Å². The standard InChI is InChI=1S/C17H18BrNO2/c18-15-9-5-4-8-14(15)12-21-17(20)16(19)11-10-13-6-2-1-3-7-13/h1-9,16H,10-12,19H2. The molecule has 2 aromatic carbocycles. The molecular formula is C17H18BrNO2. The molecule has 1 unspecified atom stereocenters. The van der Waals surface area contributed by atoms with Crippen molar-refractivity contribution in [1.29, 1.82) is 0 Å². The summed E-state index contributed by atoms with van der Waals surface area (Å²) in [6, 6.07) is 17.0. The summed E-state index contributed by atoms with van der Waals surface area (Å²) in [5.41, 5.74) is 7.99. The summed E-state index contributed by atoms with van der Waals surface area (Å²) < 4.78 is 6.19. The Labute approximate surface area is 133 Å². The highest BCUT2D eigenvalue weighted by Gasteiger charge is 2.15. The number of hydrogen-bond donors (Lipinski definition) is 1. The van der Waals surface area contributed by atoms with E-state index >= 15 is 0 Å². The lowest BCUT2D eigenvalue weighted by Gasteiger charge is -2.12. The van der Waals surface area contributed by atoms with E-state index in [0.29, 0.717) is 6.42 Å². The maximum Gasteiger partial charge on any atom is 0.323 e. The molecule has 0 aliphatic carbocycles. The van der Waals surface area contributed by atoms with Crippen LogP contribution in [0.25, 0.3) is 0 Å². The van der Waals surface area contributed by atoms with Crippen LogP contribution in [0.2, 0.25) is 0 Å². The number of halogens is 1. The van der Waals surface area contributed by atoms with Gasteiger partial charge in [-0.1, -0.05) is 64.5 Å². The molecular weight excluding hydrogens is 330 g/mol. The van der Waals surface area contributed by atoms with Gasteiger partial charge >= 0.3 is 5.97 Å². The zero-order chi connectivity index (χ0) is 15.1. The van der Waals surface area contributed by atoms with Crippen molar-refractivity contribution in [3.05, 3.63) is 70.2 Å². The minimum Gasteiger partial charge on any atom is -0.460 e. The second-order valence-electron chi connectivity index (χ2n) is 4.83. The molecule has 2 N–H and O–H groups in total. The van der Waals surface area contributed by atoms with Gasteiger partial charge in [-0.3, -0.25) is 4.79 Å². The van der Waals surface area contributed by atoms with Gasteiger partial charge in [-0.25, -0.2) is 0 Å². The third kappa shape index (κ3) is 4.99. The zero-order valence-electron chi connectivity index (χ0n) is 11.7. The Hall–Kier alpha value is -1.65. The van der Waals surface area contributed by atoms with Gasteiger partial charge in [-0.05, 0) is 24.5 Å². The van der Waals surface area contributed by atoms with Crippen molar-refractivity contribution < 1.29 is 9.53 Å². The summed E-state index contributed by atoms with van der Waals surface area (Å²) in [4.78, 5) is 11.9. The summed E-state index contributed by atoms with van der Waals surface area (Å²) in [5.74, 6) is -0.360. The lowest BCUT2D eigenvalue weighted by Crippen LogP contribution is -2.32. The number of carbonyl (C=O) groups excluding carboxylic acids is 1. The van der Waals surface area contributed by atoms with Crippen LogP contribution < -0.4 is 5.73 Å². The van der Waals surface area contributed by atoms with Crippen molar-refractivity contribution in [1.82, 2.24) is 0 Å². The molecule has 21 heavy (non-hydrogen) atoms. The number of esters is 1. The van der Waals surface area contributed by atoms with Crippen LogP contribution in [0, 0.1) is 0 Å². The largest absolute Gasteiger partial charge is 0.460 e. The Bertz CT molecular complexity index is 586. The molecule has 0 aromatic heterocycles. The summed E-state index contributed by atoms with van der Waals surface area (Å²) in [5, 5.41) is 0. The van der Waals surface area contributed by atoms with Crippen molar-refractivity contribution in [2.75, 3.05) is 0 Å². The second-order valence-corrected chi connectivity index (χ2v) is 5.68. The van der Waals surface area contributed by atoms with Gasteiger partial charge in [0.05, 0.1) is 0 Å². The fourth-order valence-electron chi connectivity index (χ4n) is 1.96. The van der Waals surface area contributed by atoms with Crippen LogP contribution in [0.15, 0.2) is 59.1 Å². The number of benzene rings is 2. The molecule has 0 spiro atoms. The number of carbonyl (C=O) groups is 1. The topological polar surface area (TPSA) is 52.3 Å². The monoisotopic (exact) mass is 347 g/mol. The molecule has 0 bridgehead atoms. The second kappa shape index (κ2) is 7.96. The van der Waals surface area contributed by atoms with E-state index in [4.69, 9.17) is 10.5 Å². The number of aryl methyl sites for hydroxylation is 1. The number of ether oxygens (including phenoxy) is 1. The van der Waals surface area contributed by atoms with E-state index in [1.54, 1.807) is 0 Å². The van der Waals surface area contributed by atoms with Gasteiger partial charge in [0.1, 0.15) is 12.6 Å². The van der Waals surface area contributed by atoms with Gasteiger partial charge in [0.15, 0.2) is 0 Å². The molecule has 0 heterocycles. The van der Waals surface area contributed by atoms with Crippen molar-refractivity contribution >= 4 is 21.9 Å². The normalized spacial score (nSPS) is 11.9. The van der Waals surface area contributed by atoms with Crippen LogP contribution in [0.1, 0.15) is 17.5 Å². The first-order valence-electron chi connectivity index (χ1n) is 6.86. The quantitative estimate of drug-likeness (QED) is 0.814. The van der Waals surface area contributed by atoms with Crippen molar-refractivity contribution in [3.8, 4) is 0 Å². The number of hydrogen-bond acceptors (Lipinski definition) is 3. The molecule has 0 fully saturated rings. The summed E-state index contributed by atoms with van der Waals surface area (Å²) in [6.07, 6.45) is 1.35. The average molecular weight is 348 g/mol. The van der Waals surface area contributed by atoms with Gasteiger partial charge in [0.2, 0.25) is 0 Å². The van der Waals surface area contributed by atoms with Crippen LogP contribution in [0.5, 0.6) is 0 Å². The molecule has 0 amide bonds. The molecule has 110 valence electrons. The molecule has 0 aliphatic heterocycles. The van der Waals surface area contributed by atoms with E-state index in [-0.39, 0.29) is 12.6 Å². The Morgan fingerprint density at radius 2 is 1.76 bits per heavy atom. The van der Waals surface area contributed by atoms with Gasteiger partial charge < -0.3 is 10.5 Å². The molecule has 2 rings (SSSR count). The molecule has 2 aromatic rings. The van der Waals surface area contributed by atoms with Crippen LogP contribution in [0.3, 0.4) is 0 Å². The van der Waals surface area contributed by atoms with Crippen LogP contribution in [0.4, 0.5) is 0 Å². The van der Waals surface area contributed by atoms with Crippen LogP contribution in [-0.2, 0) is 22.6 Å². The van der Waals surface area contributed by atoms with E-state index < -0.39 is 6.04 Å². The highest BCUT2D eigenvalue weighted by atomic mass is 79.9. The summed E-state index contributed by atoms with van der Waals surface area (Å²) in [7, 11) is 0. The maximum atomic E-state index is 11.9.